The van der Waals surface area contributed by atoms with Crippen LogP contribution in [0.3, 0.4) is 0 Å². The Morgan fingerprint density at radius 1 is 1.20 bits per heavy atom. The van der Waals surface area contributed by atoms with Crippen molar-refractivity contribution < 1.29 is 13.9 Å². The average molecular weight is 386 g/mol. The summed E-state index contributed by atoms with van der Waals surface area (Å²) < 4.78 is 25.1. The third-order valence-electron chi connectivity index (χ3n) is 4.07. The maximum atomic E-state index is 13.7. The van der Waals surface area contributed by atoms with Gasteiger partial charge in [0, 0.05) is 35.8 Å². The molecule has 25 heavy (non-hydrogen) atoms. The van der Waals surface area contributed by atoms with Crippen molar-refractivity contribution in [2.24, 2.45) is 0 Å². The minimum absolute atomic E-state index is 0. The fourth-order valence-corrected chi connectivity index (χ4v) is 2.97. The minimum Gasteiger partial charge on any atom is -0.488 e. The Balaban J connectivity index is 0.00000225. The molecule has 6 heteroatoms. The SMILES string of the molecule is Cl.Fc1ccccc1COc1ccc(Cl)cc1CNCC1CCCO1. The van der Waals surface area contributed by atoms with E-state index < -0.39 is 0 Å². The van der Waals surface area contributed by atoms with E-state index >= 15 is 0 Å². The van der Waals surface area contributed by atoms with Gasteiger partial charge in [-0.05, 0) is 37.1 Å². The molecule has 0 aromatic heterocycles. The molecule has 1 atom stereocenters. The number of nitrogens with one attached hydrogen (secondary N) is 1. The zero-order valence-electron chi connectivity index (χ0n) is 13.8. The van der Waals surface area contributed by atoms with Crippen LogP contribution < -0.4 is 10.1 Å². The topological polar surface area (TPSA) is 30.5 Å². The molecule has 1 heterocycles. The van der Waals surface area contributed by atoms with Crippen LogP contribution in [-0.2, 0) is 17.9 Å². The minimum atomic E-state index is -0.260. The van der Waals surface area contributed by atoms with Crippen LogP contribution >= 0.6 is 24.0 Å². The molecule has 1 saturated heterocycles. The van der Waals surface area contributed by atoms with E-state index in [1.54, 1.807) is 24.3 Å². The number of benzene rings is 2. The molecule has 3 rings (SSSR count). The van der Waals surface area contributed by atoms with Crippen molar-refractivity contribution in [3.05, 3.63) is 64.4 Å². The lowest BCUT2D eigenvalue weighted by atomic mass is 10.2. The standard InChI is InChI=1S/C19H21ClFNO2.ClH/c20-16-7-8-19(24-13-14-4-1-2-6-18(14)21)15(10-16)11-22-12-17-5-3-9-23-17;/h1-2,4,6-8,10,17,22H,3,5,9,11-13H2;1H. The van der Waals surface area contributed by atoms with E-state index in [0.29, 0.717) is 22.9 Å². The highest BCUT2D eigenvalue weighted by molar-refractivity contribution is 6.30. The van der Waals surface area contributed by atoms with Crippen LogP contribution in [0.2, 0.25) is 5.02 Å². The molecule has 0 saturated carbocycles. The first-order valence-corrected chi connectivity index (χ1v) is 8.57. The summed E-state index contributed by atoms with van der Waals surface area (Å²) in [5.74, 6) is 0.451. The van der Waals surface area contributed by atoms with Crippen LogP contribution in [0.1, 0.15) is 24.0 Å². The van der Waals surface area contributed by atoms with Gasteiger partial charge in [0.15, 0.2) is 0 Å². The lowest BCUT2D eigenvalue weighted by Gasteiger charge is -2.15. The maximum Gasteiger partial charge on any atom is 0.129 e. The Morgan fingerprint density at radius 3 is 2.80 bits per heavy atom. The molecule has 1 unspecified atom stereocenters. The van der Waals surface area contributed by atoms with Gasteiger partial charge in [-0.25, -0.2) is 4.39 Å². The van der Waals surface area contributed by atoms with Gasteiger partial charge in [-0.15, -0.1) is 12.4 Å². The Hall–Kier alpha value is -1.33. The predicted octanol–water partition coefficient (Wildman–Crippen LogP) is 4.75. The number of halogens is 3. The summed E-state index contributed by atoms with van der Waals surface area (Å²) in [5.41, 5.74) is 1.49. The van der Waals surface area contributed by atoms with E-state index in [2.05, 4.69) is 5.32 Å². The molecule has 1 fully saturated rings. The van der Waals surface area contributed by atoms with Crippen LogP contribution in [0, 0.1) is 5.82 Å². The Kier molecular flexibility index (Phi) is 7.97. The molecule has 0 bridgehead atoms. The van der Waals surface area contributed by atoms with Gasteiger partial charge < -0.3 is 14.8 Å². The van der Waals surface area contributed by atoms with Crippen LogP contribution in [-0.4, -0.2) is 19.3 Å². The molecule has 0 aliphatic carbocycles. The molecule has 3 nitrogen and oxygen atoms in total. The summed E-state index contributed by atoms with van der Waals surface area (Å²) in [6.45, 7) is 2.47. The third kappa shape index (κ3) is 5.86. The first-order chi connectivity index (χ1) is 11.7. The van der Waals surface area contributed by atoms with Gasteiger partial charge in [-0.3, -0.25) is 0 Å². The summed E-state index contributed by atoms with van der Waals surface area (Å²) >= 11 is 6.10. The van der Waals surface area contributed by atoms with Crippen LogP contribution in [0.4, 0.5) is 4.39 Å². The fraction of sp³-hybridized carbons (Fsp3) is 0.368. The second kappa shape index (κ2) is 9.97. The first kappa shape index (κ1) is 20.0. The lowest BCUT2D eigenvalue weighted by molar-refractivity contribution is 0.110. The third-order valence-corrected chi connectivity index (χ3v) is 4.31. The van der Waals surface area contributed by atoms with Gasteiger partial charge in [-0.2, -0.15) is 0 Å². The van der Waals surface area contributed by atoms with Crippen molar-refractivity contribution in [3.63, 3.8) is 0 Å². The summed E-state index contributed by atoms with van der Waals surface area (Å²) in [6, 6.07) is 12.1. The molecule has 1 aliphatic rings. The molecule has 0 radical (unpaired) electrons. The number of hydrogen-bond donors (Lipinski definition) is 1. The molecular formula is C19H22Cl2FNO2. The van der Waals surface area contributed by atoms with Gasteiger partial charge in [0.2, 0.25) is 0 Å². The average Bonchev–Trinajstić information content (AvgIpc) is 3.09. The van der Waals surface area contributed by atoms with Gasteiger partial charge in [0.05, 0.1) is 6.10 Å². The Morgan fingerprint density at radius 2 is 2.04 bits per heavy atom. The van der Waals surface area contributed by atoms with E-state index in [4.69, 9.17) is 21.1 Å². The van der Waals surface area contributed by atoms with Gasteiger partial charge >= 0.3 is 0 Å². The molecule has 2 aromatic rings. The second-order valence-electron chi connectivity index (χ2n) is 5.90. The number of hydrogen-bond acceptors (Lipinski definition) is 3. The summed E-state index contributed by atoms with van der Waals surface area (Å²) in [7, 11) is 0. The zero-order chi connectivity index (χ0) is 16.8. The van der Waals surface area contributed by atoms with Crippen molar-refractivity contribution in [1.29, 1.82) is 0 Å². The number of ether oxygens (including phenoxy) is 2. The summed E-state index contributed by atoms with van der Waals surface area (Å²) in [5, 5.41) is 4.04. The summed E-state index contributed by atoms with van der Waals surface area (Å²) in [4.78, 5) is 0. The largest absolute Gasteiger partial charge is 0.488 e. The highest BCUT2D eigenvalue weighted by Crippen LogP contribution is 2.24. The van der Waals surface area contributed by atoms with Gasteiger partial charge in [0.25, 0.3) is 0 Å². The predicted molar refractivity (Wildman–Crippen MR) is 100 cm³/mol. The Bertz CT molecular complexity index is 678. The van der Waals surface area contributed by atoms with E-state index in [9.17, 15) is 4.39 Å². The molecule has 136 valence electrons. The van der Waals surface area contributed by atoms with E-state index in [-0.39, 0.29) is 30.9 Å². The van der Waals surface area contributed by atoms with E-state index in [0.717, 1.165) is 31.6 Å². The van der Waals surface area contributed by atoms with E-state index in [1.165, 1.54) is 6.07 Å². The quantitative estimate of drug-likeness (QED) is 0.745. The van der Waals surface area contributed by atoms with Crippen LogP contribution in [0.25, 0.3) is 0 Å². The molecule has 1 N–H and O–H groups in total. The lowest BCUT2D eigenvalue weighted by Crippen LogP contribution is -2.26. The summed E-state index contributed by atoms with van der Waals surface area (Å²) in [6.07, 6.45) is 2.51. The Labute approximate surface area is 158 Å². The van der Waals surface area contributed by atoms with E-state index in [1.807, 2.05) is 12.1 Å². The van der Waals surface area contributed by atoms with Crippen molar-refractivity contribution in [2.75, 3.05) is 13.2 Å². The maximum absolute atomic E-state index is 13.7. The molecular weight excluding hydrogens is 364 g/mol. The first-order valence-electron chi connectivity index (χ1n) is 8.19. The second-order valence-corrected chi connectivity index (χ2v) is 6.33. The van der Waals surface area contributed by atoms with Crippen molar-refractivity contribution in [2.45, 2.75) is 32.1 Å². The van der Waals surface area contributed by atoms with Crippen molar-refractivity contribution >= 4 is 24.0 Å². The van der Waals surface area contributed by atoms with Crippen LogP contribution in [0.15, 0.2) is 42.5 Å². The van der Waals surface area contributed by atoms with Crippen LogP contribution in [0.5, 0.6) is 5.75 Å². The highest BCUT2D eigenvalue weighted by Gasteiger charge is 2.15. The van der Waals surface area contributed by atoms with Crippen molar-refractivity contribution in [3.8, 4) is 5.75 Å². The van der Waals surface area contributed by atoms with Gasteiger partial charge in [-0.1, -0.05) is 29.8 Å². The molecule has 1 aliphatic heterocycles. The smallest absolute Gasteiger partial charge is 0.129 e. The zero-order valence-corrected chi connectivity index (χ0v) is 15.4. The van der Waals surface area contributed by atoms with Crippen molar-refractivity contribution in [1.82, 2.24) is 5.32 Å². The fourth-order valence-electron chi connectivity index (χ4n) is 2.77. The monoisotopic (exact) mass is 385 g/mol. The highest BCUT2D eigenvalue weighted by atomic mass is 35.5. The molecule has 2 aromatic carbocycles. The van der Waals surface area contributed by atoms with Gasteiger partial charge in [0.1, 0.15) is 18.2 Å². The number of rotatable bonds is 7. The molecule has 0 spiro atoms. The molecule has 0 amide bonds. The normalized spacial score (nSPS) is 16.5.